The average molecular weight is 102 g/mol. The molecule has 0 spiro atoms. The minimum absolute atomic E-state index is 0.772. The highest BCUT2D eigenvalue weighted by Crippen LogP contribution is 1.78. The third kappa shape index (κ3) is 4.52. The van der Waals surface area contributed by atoms with Gasteiger partial charge in [-0.1, -0.05) is 13.2 Å². The molecule has 0 fully saturated rings. The minimum Gasteiger partial charge on any atom is -0.501 e. The molecule has 0 aliphatic carbocycles. The Morgan fingerprint density at radius 3 is 2.67 bits per heavy atom. The van der Waals surface area contributed by atoms with Crippen LogP contribution in [0.1, 0.15) is 6.92 Å². The summed E-state index contributed by atoms with van der Waals surface area (Å²) in [6.07, 6.45) is 1.12. The standard InChI is InChI=1S/C2H9B2OP/c1-2-3-5-4-6/h3-4H,2,6H2,1H3. The van der Waals surface area contributed by atoms with E-state index in [1.54, 1.807) is 0 Å². The molecule has 0 aromatic heterocycles. The maximum absolute atomic E-state index is 4.95. The molecule has 0 heterocycles. The fraction of sp³-hybridized carbons (Fsp3) is 1.00. The van der Waals surface area contributed by atoms with Crippen LogP contribution < -0.4 is 0 Å². The van der Waals surface area contributed by atoms with Crippen molar-refractivity contribution in [1.82, 2.24) is 0 Å². The smallest absolute Gasteiger partial charge is 0.280 e. The number of rotatable bonds is 3. The Hall–Kier alpha value is 0.520. The van der Waals surface area contributed by atoms with Crippen molar-refractivity contribution in [1.29, 1.82) is 0 Å². The molecule has 0 N–H and O–H groups in total. The van der Waals surface area contributed by atoms with Gasteiger partial charge in [-0.05, 0) is 0 Å². The molecule has 0 amide bonds. The monoisotopic (exact) mass is 102 g/mol. The molecule has 1 unspecified atom stereocenters. The largest absolute Gasteiger partial charge is 0.501 e. The minimum atomic E-state index is 0.772. The van der Waals surface area contributed by atoms with E-state index in [2.05, 4.69) is 16.0 Å². The van der Waals surface area contributed by atoms with Gasteiger partial charge in [0.25, 0.3) is 14.7 Å². The van der Waals surface area contributed by atoms with Crippen molar-refractivity contribution >= 4 is 23.8 Å². The molecule has 0 aromatic rings. The predicted octanol–water partition coefficient (Wildman–Crippen LogP) is -0.0657. The van der Waals surface area contributed by atoms with Crippen LogP contribution in [-0.2, 0) is 4.57 Å². The van der Waals surface area contributed by atoms with Crippen molar-refractivity contribution in [3.8, 4) is 0 Å². The third-order valence-electron chi connectivity index (χ3n) is 0.466. The molecule has 1 nitrogen and oxygen atoms in total. The summed E-state index contributed by atoms with van der Waals surface area (Å²) in [6, 6.07) is 0. The van der Waals surface area contributed by atoms with Gasteiger partial charge >= 0.3 is 0 Å². The molecule has 0 bridgehead atoms. The van der Waals surface area contributed by atoms with Crippen molar-refractivity contribution < 1.29 is 4.57 Å². The maximum atomic E-state index is 4.95. The molecule has 0 rings (SSSR count). The van der Waals surface area contributed by atoms with Crippen molar-refractivity contribution in [3.63, 3.8) is 0 Å². The van der Waals surface area contributed by atoms with Gasteiger partial charge in [-0.2, -0.15) is 0 Å². The Morgan fingerprint density at radius 2 is 2.50 bits per heavy atom. The number of hydrogen-bond acceptors (Lipinski definition) is 1. The van der Waals surface area contributed by atoms with Crippen molar-refractivity contribution in [2.24, 2.45) is 0 Å². The zero-order chi connectivity index (χ0) is 4.83. The molecular formula is C2H9B2OP. The van der Waals surface area contributed by atoms with Crippen molar-refractivity contribution in [3.05, 3.63) is 0 Å². The molecule has 0 aromatic carbocycles. The maximum Gasteiger partial charge on any atom is 0.280 e. The van der Waals surface area contributed by atoms with Gasteiger partial charge in [-0.25, -0.2) is 0 Å². The molecule has 4 heteroatoms. The molecule has 6 heavy (non-hydrogen) atoms. The Labute approximate surface area is 42.5 Å². The second-order valence-electron chi connectivity index (χ2n) is 1.07. The first-order chi connectivity index (χ1) is 2.91. The van der Waals surface area contributed by atoms with Gasteiger partial charge < -0.3 is 4.57 Å². The highest BCUT2D eigenvalue weighted by atomic mass is 31.0. The Kier molecular flexibility index (Phi) is 6.00. The summed E-state index contributed by atoms with van der Waals surface area (Å²) in [7, 11) is 4.17. The van der Waals surface area contributed by atoms with E-state index < -0.39 is 0 Å². The first-order valence-corrected chi connectivity index (χ1v) is 3.01. The van der Waals surface area contributed by atoms with Gasteiger partial charge in [0.2, 0.25) is 0 Å². The summed E-state index contributed by atoms with van der Waals surface area (Å²) >= 11 is 0. The van der Waals surface area contributed by atoms with E-state index in [0.717, 1.165) is 21.0 Å². The highest BCUT2D eigenvalue weighted by Gasteiger charge is 1.80. The van der Waals surface area contributed by atoms with Gasteiger partial charge in [0.1, 0.15) is 0 Å². The Balaban J connectivity index is 2.34. The molecule has 0 saturated carbocycles. The molecule has 1 atom stereocenters. The summed E-state index contributed by atoms with van der Waals surface area (Å²) in [5, 5.41) is 0. The van der Waals surface area contributed by atoms with E-state index >= 15 is 0 Å². The fourth-order valence-corrected chi connectivity index (χ4v) is 0.394. The normalized spacial score (nSPS) is 7.67. The molecule has 0 saturated heterocycles. The van der Waals surface area contributed by atoms with Crippen LogP contribution in [0, 0.1) is 0 Å². The summed E-state index contributed by atoms with van der Waals surface area (Å²) in [5.41, 5.74) is 0. The summed E-state index contributed by atoms with van der Waals surface area (Å²) < 4.78 is 4.95. The molecular weight excluding hydrogens is 92.6 g/mol. The van der Waals surface area contributed by atoms with Gasteiger partial charge in [-0.3, -0.25) is 0 Å². The van der Waals surface area contributed by atoms with Crippen LogP contribution in [0.5, 0.6) is 0 Å². The lowest BCUT2D eigenvalue weighted by atomic mass is 9.96. The zero-order valence-electron chi connectivity index (χ0n) is 4.11. The van der Waals surface area contributed by atoms with E-state index in [9.17, 15) is 0 Å². The number of hydrogen-bond donors (Lipinski definition) is 0. The van der Waals surface area contributed by atoms with E-state index in [-0.39, 0.29) is 0 Å². The second-order valence-corrected chi connectivity index (χ2v) is 1.41. The first-order valence-electron chi connectivity index (χ1n) is 2.19. The van der Waals surface area contributed by atoms with Crippen LogP contribution in [0.3, 0.4) is 0 Å². The zero-order valence-corrected chi connectivity index (χ0v) is 5.26. The lowest BCUT2D eigenvalue weighted by Gasteiger charge is -1.88. The van der Waals surface area contributed by atoms with Gasteiger partial charge in [0.05, 0.1) is 0 Å². The fourth-order valence-electron chi connectivity index (χ4n) is 0.228. The SMILES string of the molecule is CCBOBP. The van der Waals surface area contributed by atoms with Crippen LogP contribution in [0.25, 0.3) is 0 Å². The van der Waals surface area contributed by atoms with Crippen LogP contribution in [0.4, 0.5) is 0 Å². The van der Waals surface area contributed by atoms with Gasteiger partial charge in [-0.15, -0.1) is 9.12 Å². The molecule has 0 aliphatic rings. The molecule has 0 aliphatic heterocycles. The van der Waals surface area contributed by atoms with Crippen molar-refractivity contribution in [2.75, 3.05) is 0 Å². The van der Waals surface area contributed by atoms with Crippen molar-refractivity contribution in [2.45, 2.75) is 13.2 Å². The first kappa shape index (κ1) is 6.52. The molecule has 0 radical (unpaired) electrons. The van der Waals surface area contributed by atoms with Gasteiger partial charge in [0.15, 0.2) is 0 Å². The predicted molar refractivity (Wildman–Crippen MR) is 35.6 cm³/mol. The van der Waals surface area contributed by atoms with E-state index in [1.807, 2.05) is 0 Å². The highest BCUT2D eigenvalue weighted by molar-refractivity contribution is 7.54. The van der Waals surface area contributed by atoms with Crippen LogP contribution in [0.2, 0.25) is 6.32 Å². The van der Waals surface area contributed by atoms with Crippen LogP contribution >= 0.6 is 9.12 Å². The Bertz CT molecular complexity index is 23.5. The van der Waals surface area contributed by atoms with E-state index in [0.29, 0.717) is 0 Å². The lowest BCUT2D eigenvalue weighted by Crippen LogP contribution is -1.94. The van der Waals surface area contributed by atoms with Crippen LogP contribution in [-0.4, -0.2) is 14.7 Å². The third-order valence-corrected chi connectivity index (χ3v) is 0.702. The average Bonchev–Trinajstić information content (AvgIpc) is 1.61. The van der Waals surface area contributed by atoms with E-state index in [4.69, 9.17) is 4.57 Å². The summed E-state index contributed by atoms with van der Waals surface area (Å²) in [5.74, 6) is 0. The summed E-state index contributed by atoms with van der Waals surface area (Å²) in [6.45, 7) is 2.10. The second kappa shape index (κ2) is 5.52. The lowest BCUT2D eigenvalue weighted by molar-refractivity contribution is 0.657. The van der Waals surface area contributed by atoms with Gasteiger partial charge in [0, 0.05) is 0 Å². The van der Waals surface area contributed by atoms with E-state index in [1.165, 1.54) is 0 Å². The topological polar surface area (TPSA) is 9.23 Å². The molecule has 34 valence electrons. The van der Waals surface area contributed by atoms with Crippen LogP contribution in [0.15, 0.2) is 0 Å². The quantitative estimate of drug-likeness (QED) is 0.275. The summed E-state index contributed by atoms with van der Waals surface area (Å²) in [4.78, 5) is 0. The Morgan fingerprint density at radius 1 is 1.83 bits per heavy atom.